The molecule has 4 heterocycles. The highest BCUT2D eigenvalue weighted by molar-refractivity contribution is 6.26. The van der Waals surface area contributed by atoms with E-state index in [1.54, 1.807) is 0 Å². The molecular weight excluding hydrogens is 639 g/mol. The van der Waals surface area contributed by atoms with Gasteiger partial charge in [-0.15, -0.1) is 0 Å². The van der Waals surface area contributed by atoms with E-state index >= 15 is 0 Å². The molecular formula is C47H27N3O2. The molecule has 8 aromatic carbocycles. The number of hydrogen-bond donors (Lipinski definition) is 0. The maximum Gasteiger partial charge on any atom is 0.307 e. The summed E-state index contributed by atoms with van der Waals surface area (Å²) in [4.78, 5) is 5.39. The molecule has 5 heteroatoms. The number of rotatable bonds is 3. The standard InChI is InChI=1S/C47H27N3O2/c1-2-14-31(15-3-1)49-37-19-9-6-16-32(37)33-24-25-39-42(45(33)49)34-17-7-10-20-38(34)50(39)47-48-44-43-35-18-8-11-21-40(35)51-41(43)27-36(46(44)52-47)30-23-22-28-12-4-5-13-29(28)26-30/h1-27H. The molecule has 0 aliphatic rings. The number of benzene rings is 8. The van der Waals surface area contributed by atoms with E-state index in [1.807, 2.05) is 18.2 Å². The van der Waals surface area contributed by atoms with Gasteiger partial charge < -0.3 is 13.4 Å². The van der Waals surface area contributed by atoms with Gasteiger partial charge in [-0.05, 0) is 64.9 Å². The lowest BCUT2D eigenvalue weighted by Crippen LogP contribution is -1.95. The summed E-state index contributed by atoms with van der Waals surface area (Å²) in [5.41, 5.74) is 10.6. The third kappa shape index (κ3) is 3.69. The third-order valence-electron chi connectivity index (χ3n) is 10.7. The monoisotopic (exact) mass is 665 g/mol. The Morgan fingerprint density at radius 2 is 1.15 bits per heavy atom. The van der Waals surface area contributed by atoms with Crippen LogP contribution < -0.4 is 0 Å². The molecule has 0 saturated heterocycles. The highest BCUT2D eigenvalue weighted by atomic mass is 16.4. The van der Waals surface area contributed by atoms with E-state index in [0.717, 1.165) is 82.6 Å². The van der Waals surface area contributed by atoms with E-state index < -0.39 is 0 Å². The van der Waals surface area contributed by atoms with E-state index in [4.69, 9.17) is 13.8 Å². The Balaban J connectivity index is 1.22. The van der Waals surface area contributed by atoms with Crippen LogP contribution in [-0.2, 0) is 0 Å². The Hall–Kier alpha value is -7.11. The number of nitrogens with zero attached hydrogens (tertiary/aromatic N) is 3. The summed E-state index contributed by atoms with van der Waals surface area (Å²) >= 11 is 0. The van der Waals surface area contributed by atoms with Crippen molar-refractivity contribution in [2.45, 2.75) is 0 Å². The summed E-state index contributed by atoms with van der Waals surface area (Å²) in [6.45, 7) is 0. The van der Waals surface area contributed by atoms with Crippen LogP contribution in [0.15, 0.2) is 173 Å². The first-order valence-electron chi connectivity index (χ1n) is 17.6. The van der Waals surface area contributed by atoms with Crippen molar-refractivity contribution in [1.29, 1.82) is 0 Å². The minimum absolute atomic E-state index is 0.516. The molecule has 0 atom stereocenters. The molecule has 0 bridgehead atoms. The van der Waals surface area contributed by atoms with Crippen LogP contribution in [0.3, 0.4) is 0 Å². The summed E-state index contributed by atoms with van der Waals surface area (Å²) in [5.74, 6) is 0. The van der Waals surface area contributed by atoms with Crippen LogP contribution in [0.2, 0.25) is 0 Å². The van der Waals surface area contributed by atoms with E-state index in [0.29, 0.717) is 6.01 Å². The second-order valence-electron chi connectivity index (χ2n) is 13.5. The fraction of sp³-hybridized carbons (Fsp3) is 0. The number of oxazole rings is 1. The summed E-state index contributed by atoms with van der Waals surface area (Å²) in [7, 11) is 0. The van der Waals surface area contributed by atoms with Gasteiger partial charge in [0.25, 0.3) is 0 Å². The van der Waals surface area contributed by atoms with Gasteiger partial charge in [-0.1, -0.05) is 115 Å². The Morgan fingerprint density at radius 1 is 0.442 bits per heavy atom. The Morgan fingerprint density at radius 3 is 2.02 bits per heavy atom. The largest absolute Gasteiger partial charge is 0.456 e. The Kier molecular flexibility index (Phi) is 5.44. The fourth-order valence-corrected chi connectivity index (χ4v) is 8.49. The molecule has 12 rings (SSSR count). The Labute approximate surface area is 296 Å². The molecule has 0 aliphatic carbocycles. The molecule has 0 aliphatic heterocycles. The SMILES string of the molecule is c1ccc(-n2c3ccccc3c3ccc4c(c5ccccc5n4-c4nc5c(o4)c(-c4ccc6ccccc6c4)cc4oc6ccccc6c45)c32)cc1. The van der Waals surface area contributed by atoms with Crippen molar-refractivity contribution < 1.29 is 8.83 Å². The summed E-state index contributed by atoms with van der Waals surface area (Å²) in [6.07, 6.45) is 0. The maximum atomic E-state index is 7.04. The number of hydrogen-bond acceptors (Lipinski definition) is 3. The molecule has 0 radical (unpaired) electrons. The first-order valence-corrected chi connectivity index (χ1v) is 17.6. The van der Waals surface area contributed by atoms with Gasteiger partial charge >= 0.3 is 6.01 Å². The minimum Gasteiger partial charge on any atom is -0.456 e. The van der Waals surface area contributed by atoms with Crippen molar-refractivity contribution in [3.05, 3.63) is 164 Å². The zero-order valence-corrected chi connectivity index (χ0v) is 27.7. The lowest BCUT2D eigenvalue weighted by Gasteiger charge is -2.09. The lowest BCUT2D eigenvalue weighted by atomic mass is 9.99. The fourth-order valence-electron chi connectivity index (χ4n) is 8.49. The van der Waals surface area contributed by atoms with E-state index in [1.165, 1.54) is 21.7 Å². The lowest BCUT2D eigenvalue weighted by molar-refractivity contribution is 0.575. The molecule has 242 valence electrons. The van der Waals surface area contributed by atoms with Gasteiger partial charge in [0.1, 0.15) is 16.7 Å². The number of furan rings is 1. The van der Waals surface area contributed by atoms with Crippen LogP contribution in [0, 0.1) is 0 Å². The average Bonchev–Trinajstić information content (AvgIpc) is 3.96. The number of aromatic nitrogens is 3. The van der Waals surface area contributed by atoms with Crippen molar-refractivity contribution in [1.82, 2.24) is 14.1 Å². The first kappa shape index (κ1) is 27.7. The van der Waals surface area contributed by atoms with Gasteiger partial charge in [-0.3, -0.25) is 4.57 Å². The second kappa shape index (κ2) is 10.2. The van der Waals surface area contributed by atoms with Gasteiger partial charge in [-0.25, -0.2) is 0 Å². The first-order chi connectivity index (χ1) is 25.8. The van der Waals surface area contributed by atoms with Crippen LogP contribution in [-0.4, -0.2) is 14.1 Å². The molecule has 0 spiro atoms. The van der Waals surface area contributed by atoms with Gasteiger partial charge in [0.2, 0.25) is 0 Å². The van der Waals surface area contributed by atoms with Crippen LogP contribution >= 0.6 is 0 Å². The number of para-hydroxylation sites is 4. The number of fused-ring (bicyclic) bond motifs is 13. The molecule has 12 aromatic rings. The van der Waals surface area contributed by atoms with Crippen molar-refractivity contribution in [3.63, 3.8) is 0 Å². The quantitative estimate of drug-likeness (QED) is 0.189. The van der Waals surface area contributed by atoms with Gasteiger partial charge in [0.05, 0.1) is 27.5 Å². The predicted molar refractivity (Wildman–Crippen MR) is 213 cm³/mol. The predicted octanol–water partition coefficient (Wildman–Crippen LogP) is 12.7. The van der Waals surface area contributed by atoms with Crippen LogP contribution in [0.5, 0.6) is 0 Å². The summed E-state index contributed by atoms with van der Waals surface area (Å²) in [6, 6.07) is 58.2. The normalized spacial score (nSPS) is 12.2. The smallest absolute Gasteiger partial charge is 0.307 e. The van der Waals surface area contributed by atoms with E-state index in [-0.39, 0.29) is 0 Å². The highest BCUT2D eigenvalue weighted by Gasteiger charge is 2.25. The van der Waals surface area contributed by atoms with Crippen LogP contribution in [0.4, 0.5) is 0 Å². The molecule has 0 fully saturated rings. The van der Waals surface area contributed by atoms with E-state index in [9.17, 15) is 0 Å². The zero-order valence-electron chi connectivity index (χ0n) is 27.7. The van der Waals surface area contributed by atoms with Crippen molar-refractivity contribution in [2.75, 3.05) is 0 Å². The third-order valence-corrected chi connectivity index (χ3v) is 10.7. The molecule has 0 unspecified atom stereocenters. The van der Waals surface area contributed by atoms with Crippen LogP contribution in [0.1, 0.15) is 0 Å². The van der Waals surface area contributed by atoms with Crippen molar-refractivity contribution >= 4 is 87.4 Å². The summed E-state index contributed by atoms with van der Waals surface area (Å²) < 4.78 is 18.1. The summed E-state index contributed by atoms with van der Waals surface area (Å²) in [5, 5.41) is 9.05. The van der Waals surface area contributed by atoms with Crippen molar-refractivity contribution in [3.8, 4) is 22.8 Å². The second-order valence-corrected chi connectivity index (χ2v) is 13.5. The zero-order chi connectivity index (χ0) is 33.9. The van der Waals surface area contributed by atoms with Gasteiger partial charge in [0, 0.05) is 38.2 Å². The van der Waals surface area contributed by atoms with Crippen LogP contribution in [0.25, 0.3) is 110 Å². The van der Waals surface area contributed by atoms with Crippen molar-refractivity contribution in [2.24, 2.45) is 0 Å². The topological polar surface area (TPSA) is 49.0 Å². The molecule has 0 amide bonds. The molecule has 0 saturated carbocycles. The van der Waals surface area contributed by atoms with E-state index in [2.05, 4.69) is 155 Å². The maximum absolute atomic E-state index is 7.04. The van der Waals surface area contributed by atoms with Gasteiger partial charge in [0.15, 0.2) is 5.58 Å². The Bertz CT molecular complexity index is 3410. The molecule has 4 aromatic heterocycles. The minimum atomic E-state index is 0.516. The molecule has 5 nitrogen and oxygen atoms in total. The average molecular weight is 666 g/mol. The van der Waals surface area contributed by atoms with Gasteiger partial charge in [-0.2, -0.15) is 4.98 Å². The molecule has 0 N–H and O–H groups in total. The highest BCUT2D eigenvalue weighted by Crippen LogP contribution is 2.45. The molecule has 52 heavy (non-hydrogen) atoms.